The summed E-state index contributed by atoms with van der Waals surface area (Å²) in [5, 5.41) is 11.8. The van der Waals surface area contributed by atoms with Gasteiger partial charge in [-0.2, -0.15) is 0 Å². The highest BCUT2D eigenvalue weighted by atomic mass is 35.5. The Balaban J connectivity index is 2.29. The smallest absolute Gasteiger partial charge is 0.312 e. The van der Waals surface area contributed by atoms with E-state index in [2.05, 4.69) is 0 Å². The van der Waals surface area contributed by atoms with Gasteiger partial charge in [0.05, 0.1) is 24.7 Å². The van der Waals surface area contributed by atoms with Crippen LogP contribution < -0.4 is 9.47 Å². The molecule has 0 fully saturated rings. The summed E-state index contributed by atoms with van der Waals surface area (Å²) in [5.74, 6) is -0.425. The molecule has 0 aliphatic carbocycles. The fourth-order valence-electron chi connectivity index (χ4n) is 2.27. The molecule has 1 atom stereocenters. The standard InChI is InChI=1S/C17H19ClO4S/c1-3-6-22-16-13(18)9-11(10-14(16)21-2)8-12(17(19)20)15-5-4-7-23-15/h4-5,7,9-10,12H,3,6,8H2,1-2H3,(H,19,20). The van der Waals surface area contributed by atoms with Gasteiger partial charge in [-0.15, -0.1) is 11.3 Å². The Labute approximate surface area is 144 Å². The van der Waals surface area contributed by atoms with Crippen molar-refractivity contribution in [2.24, 2.45) is 0 Å². The number of halogens is 1. The van der Waals surface area contributed by atoms with Gasteiger partial charge in [-0.05, 0) is 42.0 Å². The molecule has 0 aliphatic rings. The van der Waals surface area contributed by atoms with Gasteiger partial charge in [0.2, 0.25) is 0 Å². The molecule has 2 aromatic rings. The molecule has 0 spiro atoms. The number of methoxy groups -OCH3 is 1. The highest BCUT2D eigenvalue weighted by molar-refractivity contribution is 7.10. The van der Waals surface area contributed by atoms with Crippen molar-refractivity contribution in [3.05, 3.63) is 45.1 Å². The van der Waals surface area contributed by atoms with Gasteiger partial charge < -0.3 is 14.6 Å². The van der Waals surface area contributed by atoms with Crippen molar-refractivity contribution >= 4 is 28.9 Å². The first kappa shape index (κ1) is 17.6. The van der Waals surface area contributed by atoms with Gasteiger partial charge in [0, 0.05) is 4.88 Å². The molecule has 0 saturated carbocycles. The summed E-state index contributed by atoms with van der Waals surface area (Å²) in [7, 11) is 1.54. The first-order valence-electron chi connectivity index (χ1n) is 7.32. The summed E-state index contributed by atoms with van der Waals surface area (Å²) in [4.78, 5) is 12.4. The van der Waals surface area contributed by atoms with Gasteiger partial charge in [0.1, 0.15) is 0 Å². The summed E-state index contributed by atoms with van der Waals surface area (Å²) >= 11 is 7.72. The van der Waals surface area contributed by atoms with E-state index in [-0.39, 0.29) is 0 Å². The minimum Gasteiger partial charge on any atom is -0.493 e. The Morgan fingerprint density at radius 2 is 2.22 bits per heavy atom. The summed E-state index contributed by atoms with van der Waals surface area (Å²) < 4.78 is 11.0. The predicted octanol–water partition coefficient (Wildman–Crippen LogP) is 4.61. The van der Waals surface area contributed by atoms with Gasteiger partial charge in [-0.1, -0.05) is 24.6 Å². The monoisotopic (exact) mass is 354 g/mol. The van der Waals surface area contributed by atoms with Crippen molar-refractivity contribution in [2.45, 2.75) is 25.7 Å². The molecule has 0 bridgehead atoms. The van der Waals surface area contributed by atoms with Crippen LogP contribution in [-0.2, 0) is 11.2 Å². The third kappa shape index (κ3) is 4.39. The Bertz CT molecular complexity index is 655. The topological polar surface area (TPSA) is 55.8 Å². The van der Waals surface area contributed by atoms with Gasteiger partial charge in [-0.3, -0.25) is 4.79 Å². The van der Waals surface area contributed by atoms with Crippen LogP contribution in [0, 0.1) is 0 Å². The largest absolute Gasteiger partial charge is 0.493 e. The number of carboxylic acid groups (broad SMARTS) is 1. The molecule has 6 heteroatoms. The van der Waals surface area contributed by atoms with Crippen LogP contribution in [0.2, 0.25) is 5.02 Å². The number of thiophene rings is 1. The molecular formula is C17H19ClO4S. The average Bonchev–Trinajstić information content (AvgIpc) is 3.04. The minimum atomic E-state index is -0.853. The molecule has 0 radical (unpaired) electrons. The first-order valence-corrected chi connectivity index (χ1v) is 8.58. The molecule has 4 nitrogen and oxygen atoms in total. The molecule has 0 aliphatic heterocycles. The van der Waals surface area contributed by atoms with E-state index in [4.69, 9.17) is 21.1 Å². The van der Waals surface area contributed by atoms with Crippen LogP contribution >= 0.6 is 22.9 Å². The second-order valence-electron chi connectivity index (χ2n) is 5.07. The highest BCUT2D eigenvalue weighted by Gasteiger charge is 2.23. The fourth-order valence-corrected chi connectivity index (χ4v) is 3.38. The van der Waals surface area contributed by atoms with E-state index in [0.29, 0.717) is 29.5 Å². The van der Waals surface area contributed by atoms with Gasteiger partial charge in [0.25, 0.3) is 0 Å². The fraction of sp³-hybridized carbons (Fsp3) is 0.353. The third-order valence-corrected chi connectivity index (χ3v) is 4.63. The molecule has 124 valence electrons. The third-order valence-electron chi connectivity index (χ3n) is 3.36. The van der Waals surface area contributed by atoms with Gasteiger partial charge >= 0.3 is 5.97 Å². The average molecular weight is 355 g/mol. The van der Waals surface area contributed by atoms with Gasteiger partial charge in [0.15, 0.2) is 11.5 Å². The molecule has 2 rings (SSSR count). The number of aliphatic carboxylic acids is 1. The second kappa shape index (κ2) is 8.22. The van der Waals surface area contributed by atoms with Crippen molar-refractivity contribution in [1.29, 1.82) is 0 Å². The zero-order valence-corrected chi connectivity index (χ0v) is 14.6. The Kier molecular flexibility index (Phi) is 6.30. The minimum absolute atomic E-state index is 0.347. The van der Waals surface area contributed by atoms with Crippen molar-refractivity contribution in [3.8, 4) is 11.5 Å². The number of hydrogen-bond acceptors (Lipinski definition) is 4. The maximum absolute atomic E-state index is 11.6. The molecule has 1 aromatic heterocycles. The molecule has 1 heterocycles. The molecular weight excluding hydrogens is 336 g/mol. The molecule has 0 saturated heterocycles. The van der Waals surface area contributed by atoms with Crippen molar-refractivity contribution < 1.29 is 19.4 Å². The maximum Gasteiger partial charge on any atom is 0.312 e. The SMILES string of the molecule is CCCOc1c(Cl)cc(CC(C(=O)O)c2cccs2)cc1OC. The lowest BCUT2D eigenvalue weighted by Crippen LogP contribution is -2.13. The Morgan fingerprint density at radius 3 is 2.78 bits per heavy atom. The second-order valence-corrected chi connectivity index (χ2v) is 6.45. The zero-order valence-electron chi connectivity index (χ0n) is 13.0. The van der Waals surface area contributed by atoms with Crippen LogP contribution in [0.15, 0.2) is 29.6 Å². The number of rotatable bonds is 8. The lowest BCUT2D eigenvalue weighted by Gasteiger charge is -2.16. The first-order chi connectivity index (χ1) is 11.1. The zero-order chi connectivity index (χ0) is 16.8. The summed E-state index contributed by atoms with van der Waals surface area (Å²) in [6.45, 7) is 2.55. The maximum atomic E-state index is 11.6. The van der Waals surface area contributed by atoms with Crippen LogP contribution in [0.25, 0.3) is 0 Å². The van der Waals surface area contributed by atoms with E-state index in [1.807, 2.05) is 24.4 Å². The molecule has 0 amide bonds. The van der Waals surface area contributed by atoms with E-state index in [9.17, 15) is 9.90 Å². The molecule has 1 unspecified atom stereocenters. The van der Waals surface area contributed by atoms with E-state index in [1.165, 1.54) is 11.3 Å². The quantitative estimate of drug-likeness (QED) is 0.752. The molecule has 23 heavy (non-hydrogen) atoms. The number of ether oxygens (including phenoxy) is 2. The van der Waals surface area contributed by atoms with E-state index in [1.54, 1.807) is 19.2 Å². The van der Waals surface area contributed by atoms with E-state index < -0.39 is 11.9 Å². The van der Waals surface area contributed by atoms with Gasteiger partial charge in [-0.25, -0.2) is 0 Å². The van der Waals surface area contributed by atoms with Crippen LogP contribution in [0.1, 0.15) is 29.7 Å². The van der Waals surface area contributed by atoms with Crippen LogP contribution in [0.3, 0.4) is 0 Å². The normalized spacial score (nSPS) is 12.0. The lowest BCUT2D eigenvalue weighted by atomic mass is 9.97. The predicted molar refractivity (Wildman–Crippen MR) is 92.2 cm³/mol. The Hall–Kier alpha value is -1.72. The van der Waals surface area contributed by atoms with Crippen LogP contribution in [0.5, 0.6) is 11.5 Å². The van der Waals surface area contributed by atoms with E-state index >= 15 is 0 Å². The Morgan fingerprint density at radius 1 is 1.43 bits per heavy atom. The number of carboxylic acids is 1. The lowest BCUT2D eigenvalue weighted by molar-refractivity contribution is -0.138. The van der Waals surface area contributed by atoms with E-state index in [0.717, 1.165) is 16.9 Å². The summed E-state index contributed by atoms with van der Waals surface area (Å²) in [5.41, 5.74) is 0.802. The number of carbonyl (C=O) groups is 1. The highest BCUT2D eigenvalue weighted by Crippen LogP contribution is 2.38. The number of benzene rings is 1. The number of hydrogen-bond donors (Lipinski definition) is 1. The summed E-state index contributed by atoms with van der Waals surface area (Å²) in [6.07, 6.45) is 1.21. The molecule has 1 N–H and O–H groups in total. The van der Waals surface area contributed by atoms with Crippen molar-refractivity contribution in [1.82, 2.24) is 0 Å². The van der Waals surface area contributed by atoms with Crippen LogP contribution in [0.4, 0.5) is 0 Å². The summed E-state index contributed by atoms with van der Waals surface area (Å²) in [6, 6.07) is 7.23. The van der Waals surface area contributed by atoms with Crippen molar-refractivity contribution in [3.63, 3.8) is 0 Å². The van der Waals surface area contributed by atoms with Crippen molar-refractivity contribution in [2.75, 3.05) is 13.7 Å². The van der Waals surface area contributed by atoms with Crippen LogP contribution in [-0.4, -0.2) is 24.8 Å². The molecule has 1 aromatic carbocycles.